The minimum Gasteiger partial charge on any atom is -0.261 e. The number of benzene rings is 3. The molecule has 1 aromatic heterocycles. The van der Waals surface area contributed by atoms with Gasteiger partial charge in [-0.05, 0) is 46.7 Å². The van der Waals surface area contributed by atoms with E-state index in [1.807, 2.05) is 66.7 Å². The molecule has 0 N–H and O–H groups in total. The van der Waals surface area contributed by atoms with E-state index in [-0.39, 0.29) is 11.4 Å². The topological polar surface area (TPSA) is 50.3 Å². The van der Waals surface area contributed by atoms with Crippen LogP contribution >= 0.6 is 11.6 Å². The highest BCUT2D eigenvalue weighted by molar-refractivity contribution is 7.89. The van der Waals surface area contributed by atoms with Crippen molar-refractivity contribution >= 4 is 32.4 Å². The van der Waals surface area contributed by atoms with Crippen LogP contribution in [-0.4, -0.2) is 24.3 Å². The summed E-state index contributed by atoms with van der Waals surface area (Å²) in [6.07, 6.45) is 2.23. The van der Waals surface area contributed by atoms with E-state index in [0.29, 0.717) is 18.0 Å². The van der Waals surface area contributed by atoms with Gasteiger partial charge >= 0.3 is 0 Å². The minimum atomic E-state index is -3.73. The molecule has 0 radical (unpaired) electrons. The van der Waals surface area contributed by atoms with Gasteiger partial charge in [-0.3, -0.25) is 4.98 Å². The van der Waals surface area contributed by atoms with E-state index in [2.05, 4.69) is 4.98 Å². The van der Waals surface area contributed by atoms with Crippen molar-refractivity contribution in [1.82, 2.24) is 9.29 Å². The largest absolute Gasteiger partial charge is 0.261 e. The van der Waals surface area contributed by atoms with Crippen molar-refractivity contribution in [2.24, 2.45) is 0 Å². The van der Waals surface area contributed by atoms with Gasteiger partial charge in [0, 0.05) is 36.4 Å². The first-order chi connectivity index (χ1) is 14.5. The predicted molar refractivity (Wildman–Crippen MR) is 121 cm³/mol. The molecule has 1 heterocycles. The molecule has 0 saturated heterocycles. The Labute approximate surface area is 181 Å². The summed E-state index contributed by atoms with van der Waals surface area (Å²) in [6, 6.07) is 25.9. The van der Waals surface area contributed by atoms with Gasteiger partial charge < -0.3 is 0 Å². The number of halogens is 1. The maximum Gasteiger partial charge on any atom is 0.243 e. The first-order valence-electron chi connectivity index (χ1n) is 9.66. The zero-order valence-electron chi connectivity index (χ0n) is 16.3. The first-order valence-corrected chi connectivity index (χ1v) is 11.5. The number of hydrogen-bond acceptors (Lipinski definition) is 3. The Morgan fingerprint density at radius 1 is 0.833 bits per heavy atom. The van der Waals surface area contributed by atoms with Crippen LogP contribution in [0.25, 0.3) is 10.8 Å². The third-order valence-corrected chi connectivity index (χ3v) is 7.22. The van der Waals surface area contributed by atoms with Crippen molar-refractivity contribution in [1.29, 1.82) is 0 Å². The number of rotatable bonds is 7. The van der Waals surface area contributed by atoms with Crippen LogP contribution in [0.3, 0.4) is 0 Å². The van der Waals surface area contributed by atoms with E-state index < -0.39 is 10.0 Å². The Morgan fingerprint density at radius 3 is 2.33 bits per heavy atom. The second-order valence-corrected chi connectivity index (χ2v) is 9.36. The van der Waals surface area contributed by atoms with Crippen molar-refractivity contribution in [3.05, 3.63) is 107 Å². The lowest BCUT2D eigenvalue weighted by Gasteiger charge is -2.23. The van der Waals surface area contributed by atoms with Gasteiger partial charge in [0.1, 0.15) is 0 Å². The van der Waals surface area contributed by atoms with Gasteiger partial charge in [-0.2, -0.15) is 4.31 Å². The molecular formula is C24H21ClN2O2S. The SMILES string of the molecule is O=S(=O)(c1ccc2ccccc2c1)N(CCc1ccccn1)Cc1ccccc1Cl. The molecule has 0 fully saturated rings. The molecule has 0 amide bonds. The van der Waals surface area contributed by atoms with E-state index in [4.69, 9.17) is 11.6 Å². The summed E-state index contributed by atoms with van der Waals surface area (Å²) in [5.41, 5.74) is 1.61. The van der Waals surface area contributed by atoms with Crippen molar-refractivity contribution in [3.8, 4) is 0 Å². The summed E-state index contributed by atoms with van der Waals surface area (Å²) in [7, 11) is -3.73. The molecule has 0 spiro atoms. The van der Waals surface area contributed by atoms with Gasteiger partial charge in [0.2, 0.25) is 10.0 Å². The van der Waals surface area contributed by atoms with Crippen LogP contribution in [0.2, 0.25) is 5.02 Å². The normalized spacial score (nSPS) is 11.8. The van der Waals surface area contributed by atoms with Gasteiger partial charge in [-0.25, -0.2) is 8.42 Å². The van der Waals surface area contributed by atoms with Gasteiger partial charge in [-0.1, -0.05) is 66.2 Å². The van der Waals surface area contributed by atoms with E-state index in [1.54, 1.807) is 24.4 Å². The van der Waals surface area contributed by atoms with E-state index in [1.165, 1.54) is 4.31 Å². The van der Waals surface area contributed by atoms with Crippen LogP contribution < -0.4 is 0 Å². The second kappa shape index (κ2) is 8.96. The lowest BCUT2D eigenvalue weighted by atomic mass is 10.1. The average molecular weight is 437 g/mol. The van der Waals surface area contributed by atoms with Gasteiger partial charge in [0.05, 0.1) is 4.90 Å². The van der Waals surface area contributed by atoms with Crippen molar-refractivity contribution in [3.63, 3.8) is 0 Å². The molecule has 30 heavy (non-hydrogen) atoms. The highest BCUT2D eigenvalue weighted by Gasteiger charge is 2.25. The molecule has 0 aliphatic rings. The third kappa shape index (κ3) is 4.54. The number of nitrogens with zero attached hydrogens (tertiary/aromatic N) is 2. The van der Waals surface area contributed by atoms with Crippen molar-refractivity contribution in [2.45, 2.75) is 17.9 Å². The molecule has 0 aliphatic heterocycles. The Bertz CT molecular complexity index is 1260. The average Bonchev–Trinajstić information content (AvgIpc) is 2.78. The summed E-state index contributed by atoms with van der Waals surface area (Å²) in [5.74, 6) is 0. The fraction of sp³-hybridized carbons (Fsp3) is 0.125. The van der Waals surface area contributed by atoms with E-state index >= 15 is 0 Å². The van der Waals surface area contributed by atoms with Crippen LogP contribution in [0.1, 0.15) is 11.3 Å². The molecule has 4 rings (SSSR count). The lowest BCUT2D eigenvalue weighted by molar-refractivity contribution is 0.408. The molecule has 0 unspecified atom stereocenters. The standard InChI is InChI=1S/C24H21ClN2O2S/c25-24-11-4-3-9-21(24)18-27(16-14-22-10-5-6-15-26-22)30(28,29)23-13-12-19-7-1-2-8-20(19)17-23/h1-13,15,17H,14,16,18H2. The number of fused-ring (bicyclic) bond motifs is 1. The fourth-order valence-corrected chi connectivity index (χ4v) is 5.01. The van der Waals surface area contributed by atoms with Crippen LogP contribution in [-0.2, 0) is 23.0 Å². The van der Waals surface area contributed by atoms with Gasteiger partial charge in [-0.15, -0.1) is 0 Å². The number of pyridine rings is 1. The molecule has 0 bridgehead atoms. The van der Waals surface area contributed by atoms with Gasteiger partial charge in [0.25, 0.3) is 0 Å². The molecule has 0 aliphatic carbocycles. The molecule has 4 aromatic rings. The Morgan fingerprint density at radius 2 is 1.57 bits per heavy atom. The molecule has 0 atom stereocenters. The summed E-state index contributed by atoms with van der Waals surface area (Å²) < 4.78 is 28.6. The number of sulfonamides is 1. The second-order valence-electron chi connectivity index (χ2n) is 7.01. The molecular weight excluding hydrogens is 416 g/mol. The highest BCUT2D eigenvalue weighted by Crippen LogP contribution is 2.25. The first kappa shape index (κ1) is 20.5. The highest BCUT2D eigenvalue weighted by atomic mass is 35.5. The van der Waals surface area contributed by atoms with Crippen molar-refractivity contribution in [2.75, 3.05) is 6.54 Å². The predicted octanol–water partition coefficient (Wildman–Crippen LogP) is 5.32. The van der Waals surface area contributed by atoms with Crippen LogP contribution in [0, 0.1) is 0 Å². The Hall–Kier alpha value is -2.73. The maximum atomic E-state index is 13.6. The quantitative estimate of drug-likeness (QED) is 0.394. The lowest BCUT2D eigenvalue weighted by Crippen LogP contribution is -2.32. The molecule has 4 nitrogen and oxygen atoms in total. The van der Waals surface area contributed by atoms with Gasteiger partial charge in [0.15, 0.2) is 0 Å². The third-order valence-electron chi connectivity index (χ3n) is 5.01. The minimum absolute atomic E-state index is 0.196. The molecule has 3 aromatic carbocycles. The summed E-state index contributed by atoms with van der Waals surface area (Å²) in [5, 5.41) is 2.44. The number of aromatic nitrogens is 1. The molecule has 0 saturated carbocycles. The number of hydrogen-bond donors (Lipinski definition) is 0. The summed E-state index contributed by atoms with van der Waals surface area (Å²) in [6.45, 7) is 0.499. The molecule has 152 valence electrons. The zero-order valence-corrected chi connectivity index (χ0v) is 17.9. The van der Waals surface area contributed by atoms with Crippen LogP contribution in [0.4, 0.5) is 0 Å². The summed E-state index contributed by atoms with van der Waals surface area (Å²) in [4.78, 5) is 4.60. The van der Waals surface area contributed by atoms with Crippen LogP contribution in [0.15, 0.2) is 96.0 Å². The smallest absolute Gasteiger partial charge is 0.243 e. The Balaban J connectivity index is 1.69. The maximum absolute atomic E-state index is 13.6. The molecule has 6 heteroatoms. The summed E-state index contributed by atoms with van der Waals surface area (Å²) >= 11 is 6.33. The zero-order chi connectivity index (χ0) is 21.0. The van der Waals surface area contributed by atoms with E-state index in [0.717, 1.165) is 22.0 Å². The van der Waals surface area contributed by atoms with Crippen LogP contribution in [0.5, 0.6) is 0 Å². The van der Waals surface area contributed by atoms with Crippen molar-refractivity contribution < 1.29 is 8.42 Å². The monoisotopic (exact) mass is 436 g/mol. The Kier molecular flexibility index (Phi) is 6.13. The fourth-order valence-electron chi connectivity index (χ4n) is 3.36. The van der Waals surface area contributed by atoms with E-state index in [9.17, 15) is 8.42 Å².